The molecule has 1 aliphatic rings. The topological polar surface area (TPSA) is 49.4 Å². The van der Waals surface area contributed by atoms with Crippen LogP contribution >= 0.6 is 0 Å². The lowest BCUT2D eigenvalue weighted by Gasteiger charge is -2.20. The van der Waals surface area contributed by atoms with E-state index in [-0.39, 0.29) is 10.8 Å². The third-order valence-electron chi connectivity index (χ3n) is 3.38. The van der Waals surface area contributed by atoms with Crippen LogP contribution < -0.4 is 10.2 Å². The summed E-state index contributed by atoms with van der Waals surface area (Å²) >= 11 is 0. The Hall–Kier alpha value is -1.36. The summed E-state index contributed by atoms with van der Waals surface area (Å²) in [5.74, 6) is 0.491. The van der Waals surface area contributed by atoms with Gasteiger partial charge in [0.05, 0.1) is 0 Å². The lowest BCUT2D eigenvalue weighted by atomic mass is 10.2. The molecule has 110 valence electrons. The van der Waals surface area contributed by atoms with Gasteiger partial charge in [-0.3, -0.25) is 9.11 Å². The number of amides is 2. The van der Waals surface area contributed by atoms with Gasteiger partial charge in [-0.2, -0.15) is 0 Å². The van der Waals surface area contributed by atoms with Crippen molar-refractivity contribution in [3.63, 3.8) is 0 Å². The van der Waals surface area contributed by atoms with Gasteiger partial charge < -0.3 is 5.32 Å². The summed E-state index contributed by atoms with van der Waals surface area (Å²) in [7, 11) is -0.934. The Balaban J connectivity index is 1.87. The SMILES string of the molecule is CC(C)(C)[S@](=O)CCNC(=O)N1CCc2ccccc21. The molecule has 1 aromatic rings. The van der Waals surface area contributed by atoms with Crippen molar-refractivity contribution in [1.82, 2.24) is 5.32 Å². The van der Waals surface area contributed by atoms with Crippen molar-refractivity contribution < 1.29 is 9.00 Å². The van der Waals surface area contributed by atoms with Crippen molar-refractivity contribution in [3.05, 3.63) is 29.8 Å². The van der Waals surface area contributed by atoms with Crippen molar-refractivity contribution in [3.8, 4) is 0 Å². The van der Waals surface area contributed by atoms with Gasteiger partial charge in [-0.15, -0.1) is 0 Å². The standard InChI is InChI=1S/C15H22N2O2S/c1-15(2,3)20(19)11-9-16-14(18)17-10-8-12-6-4-5-7-13(12)17/h4-7H,8-11H2,1-3H3,(H,16,18)/t20-/m1/s1. The molecule has 0 aliphatic carbocycles. The fourth-order valence-electron chi connectivity index (χ4n) is 2.20. The molecule has 0 fully saturated rings. The number of benzene rings is 1. The molecule has 20 heavy (non-hydrogen) atoms. The largest absolute Gasteiger partial charge is 0.337 e. The molecule has 0 unspecified atom stereocenters. The molecular formula is C15H22N2O2S. The van der Waals surface area contributed by atoms with E-state index in [9.17, 15) is 9.00 Å². The number of anilines is 1. The van der Waals surface area contributed by atoms with Gasteiger partial charge >= 0.3 is 6.03 Å². The Morgan fingerprint density at radius 2 is 2.05 bits per heavy atom. The third kappa shape index (κ3) is 3.39. The van der Waals surface area contributed by atoms with Gasteiger partial charge in [0.15, 0.2) is 0 Å². The number of rotatable bonds is 3. The van der Waals surface area contributed by atoms with Crippen molar-refractivity contribution in [2.75, 3.05) is 23.7 Å². The van der Waals surface area contributed by atoms with Crippen LogP contribution in [-0.4, -0.2) is 33.8 Å². The molecule has 0 bridgehead atoms. The van der Waals surface area contributed by atoms with Crippen LogP contribution in [0.3, 0.4) is 0 Å². The van der Waals surface area contributed by atoms with E-state index in [2.05, 4.69) is 11.4 Å². The molecule has 2 rings (SSSR count). The fraction of sp³-hybridized carbons (Fsp3) is 0.533. The minimum atomic E-state index is -0.934. The zero-order chi connectivity index (χ0) is 14.8. The van der Waals surface area contributed by atoms with Crippen LogP contribution in [-0.2, 0) is 17.2 Å². The number of urea groups is 1. The lowest BCUT2D eigenvalue weighted by molar-refractivity contribution is 0.247. The highest BCUT2D eigenvalue weighted by Gasteiger charge is 2.24. The summed E-state index contributed by atoms with van der Waals surface area (Å²) in [4.78, 5) is 13.9. The first-order valence-electron chi connectivity index (χ1n) is 6.91. The molecular weight excluding hydrogens is 272 g/mol. The Morgan fingerprint density at radius 1 is 1.35 bits per heavy atom. The minimum absolute atomic E-state index is 0.0964. The van der Waals surface area contributed by atoms with Gasteiger partial charge in [0.25, 0.3) is 0 Å². The number of carbonyl (C=O) groups excluding carboxylic acids is 1. The average Bonchev–Trinajstić information content (AvgIpc) is 2.81. The summed E-state index contributed by atoms with van der Waals surface area (Å²) in [6.45, 7) is 7.00. The summed E-state index contributed by atoms with van der Waals surface area (Å²) in [6.07, 6.45) is 0.900. The second kappa shape index (κ2) is 5.95. The Morgan fingerprint density at radius 3 is 2.75 bits per heavy atom. The maximum atomic E-state index is 12.2. The molecule has 1 atom stereocenters. The second-order valence-electron chi connectivity index (χ2n) is 5.92. The molecule has 1 aliphatic heterocycles. The molecule has 0 saturated carbocycles. The first-order valence-corrected chi connectivity index (χ1v) is 8.23. The Kier molecular flexibility index (Phi) is 4.48. The van der Waals surface area contributed by atoms with Gasteiger partial charge in [0.1, 0.15) is 0 Å². The molecule has 0 radical (unpaired) electrons. The van der Waals surface area contributed by atoms with Crippen LogP contribution in [0.1, 0.15) is 26.3 Å². The third-order valence-corrected chi connectivity index (χ3v) is 5.32. The number of hydrogen-bond donors (Lipinski definition) is 1. The van der Waals surface area contributed by atoms with Crippen LogP contribution in [0.15, 0.2) is 24.3 Å². The van der Waals surface area contributed by atoms with Crippen LogP contribution in [0.2, 0.25) is 0 Å². The van der Waals surface area contributed by atoms with Crippen LogP contribution in [0, 0.1) is 0 Å². The maximum absolute atomic E-state index is 12.2. The van der Waals surface area contributed by atoms with Crippen LogP contribution in [0.4, 0.5) is 10.5 Å². The quantitative estimate of drug-likeness (QED) is 0.930. The lowest BCUT2D eigenvalue weighted by Crippen LogP contribution is -2.41. The van der Waals surface area contributed by atoms with Gasteiger partial charge in [0, 0.05) is 40.1 Å². The van der Waals surface area contributed by atoms with E-state index >= 15 is 0 Å². The van der Waals surface area contributed by atoms with Crippen molar-refractivity contribution >= 4 is 22.5 Å². The molecule has 0 saturated heterocycles. The highest BCUT2D eigenvalue weighted by Crippen LogP contribution is 2.27. The van der Waals surface area contributed by atoms with E-state index in [1.807, 2.05) is 39.0 Å². The Bertz CT molecular complexity index is 523. The normalized spacial score (nSPS) is 15.8. The summed E-state index contributed by atoms with van der Waals surface area (Å²) < 4.78 is 11.7. The van der Waals surface area contributed by atoms with E-state index in [1.54, 1.807) is 4.90 Å². The summed E-state index contributed by atoms with van der Waals surface area (Å²) in [6, 6.07) is 7.86. The number of para-hydroxylation sites is 1. The van der Waals surface area contributed by atoms with E-state index in [0.29, 0.717) is 18.8 Å². The molecule has 2 amide bonds. The molecule has 1 aromatic carbocycles. The maximum Gasteiger partial charge on any atom is 0.321 e. The molecule has 5 heteroatoms. The Labute approximate surface area is 123 Å². The van der Waals surface area contributed by atoms with E-state index < -0.39 is 10.8 Å². The van der Waals surface area contributed by atoms with Crippen LogP contribution in [0.5, 0.6) is 0 Å². The predicted octanol–water partition coefficient (Wildman–Crippen LogP) is 2.31. The number of hydrogen-bond acceptors (Lipinski definition) is 2. The van der Waals surface area contributed by atoms with Gasteiger partial charge in [-0.25, -0.2) is 4.79 Å². The summed E-state index contributed by atoms with van der Waals surface area (Å²) in [5.41, 5.74) is 2.20. The van der Waals surface area contributed by atoms with E-state index in [1.165, 1.54) is 5.56 Å². The predicted molar refractivity (Wildman–Crippen MR) is 83.7 cm³/mol. The first-order chi connectivity index (χ1) is 9.39. The van der Waals surface area contributed by atoms with Crippen LogP contribution in [0.25, 0.3) is 0 Å². The first kappa shape index (κ1) is 15.0. The molecule has 1 N–H and O–H groups in total. The van der Waals surface area contributed by atoms with Gasteiger partial charge in [-0.05, 0) is 38.8 Å². The number of carbonyl (C=O) groups is 1. The minimum Gasteiger partial charge on any atom is -0.337 e. The smallest absolute Gasteiger partial charge is 0.321 e. The highest BCUT2D eigenvalue weighted by atomic mass is 32.2. The average molecular weight is 294 g/mol. The second-order valence-corrected chi connectivity index (χ2v) is 8.25. The zero-order valence-electron chi connectivity index (χ0n) is 12.3. The molecule has 4 nitrogen and oxygen atoms in total. The van der Waals surface area contributed by atoms with Crippen molar-refractivity contribution in [2.45, 2.75) is 31.9 Å². The molecule has 0 spiro atoms. The van der Waals surface area contributed by atoms with Crippen molar-refractivity contribution in [2.24, 2.45) is 0 Å². The number of nitrogens with zero attached hydrogens (tertiary/aromatic N) is 1. The zero-order valence-corrected chi connectivity index (χ0v) is 13.1. The molecule has 0 aromatic heterocycles. The number of nitrogens with one attached hydrogen (secondary N) is 1. The molecule has 1 heterocycles. The van der Waals surface area contributed by atoms with Gasteiger partial charge in [0.2, 0.25) is 0 Å². The van der Waals surface area contributed by atoms with E-state index in [0.717, 1.165) is 12.1 Å². The highest BCUT2D eigenvalue weighted by molar-refractivity contribution is 7.86. The van der Waals surface area contributed by atoms with E-state index in [4.69, 9.17) is 0 Å². The summed E-state index contributed by atoms with van der Waals surface area (Å²) in [5, 5.41) is 2.86. The van der Waals surface area contributed by atoms with Crippen molar-refractivity contribution in [1.29, 1.82) is 0 Å². The fourth-order valence-corrected chi connectivity index (χ4v) is 3.10. The van der Waals surface area contributed by atoms with Gasteiger partial charge in [-0.1, -0.05) is 18.2 Å². The monoisotopic (exact) mass is 294 g/mol. The number of fused-ring (bicyclic) bond motifs is 1.